The number of hydrogen-bond acceptors (Lipinski definition) is 10. The first-order valence-electron chi connectivity index (χ1n) is 29.8. The molecule has 36 heteroatoms. The van der Waals surface area contributed by atoms with E-state index in [4.69, 9.17) is 0 Å². The number of hydrogen-bond donors (Lipinski definition) is 0. The highest BCUT2D eigenvalue weighted by Crippen LogP contribution is 2.68. The fourth-order valence-corrected chi connectivity index (χ4v) is 33.3. The molecular formula is C56H94N10O2P24. The van der Waals surface area contributed by atoms with Crippen molar-refractivity contribution in [3.8, 4) is 0 Å². The molecule has 500 valence electrons. The molecule has 12 rings (SSSR count). The minimum Gasteiger partial charge on any atom is -0.341 e. The summed E-state index contributed by atoms with van der Waals surface area (Å²) in [5, 5.41) is 4.32. The van der Waals surface area contributed by atoms with Crippen LogP contribution in [0.5, 0.6) is 0 Å². The third-order valence-electron chi connectivity index (χ3n) is 16.7. The van der Waals surface area contributed by atoms with Crippen molar-refractivity contribution in [1.82, 2.24) is 49.5 Å². The zero-order valence-corrected chi connectivity index (χ0v) is 78.5. The van der Waals surface area contributed by atoms with Gasteiger partial charge in [-0.25, -0.2) is 0 Å². The number of aromatic nitrogens is 6. The average Bonchev–Trinajstić information content (AvgIpc) is 1.07. The molecule has 0 saturated heterocycles. The second kappa shape index (κ2) is 42.9. The standard InChI is InChI=1S/2C10H17NP4.2C9H14N2OP4.2C9H16N2P4/c1-7-2-3-8-5-11-6-10(9(8)4-7)15(13)14-12;1-7-2-3-8-4-5-11-10(9(8)6-7)15(13)14-12;1-11-5-7-6(2-9(11)12)3-10-4-8(7)16(14)15-13;1-11-5-7-6(4-8(11)12)2-3-10-9(7)16(14)15-13;1-11-5-3-7-2-4-10-9(8(7)6-11)15(13)14-12;1-11-3-2-7-4-10-5-9(8(7)6-11)15(13)14-12/h5-7,14H,2-4,12-13H2,1H3;4-5,7,14H,2-3,6,12-13H2,1H3;3-4,15H,2,5,13-14H2,1H3;2-3,15H,4-5,13-14H2,1H3;2,4,14H,3,5-6,12-13H2,1H3;4-5,14H,2-3,6,12-13H2,1H3. The van der Waals surface area contributed by atoms with Crippen LogP contribution in [0.1, 0.15) is 93.5 Å². The van der Waals surface area contributed by atoms with Crippen LogP contribution in [-0.2, 0) is 87.1 Å². The predicted molar refractivity (Wildman–Crippen MR) is 474 cm³/mol. The average molecular weight is 1680 g/mol. The molecule has 0 aromatic carbocycles. The van der Waals surface area contributed by atoms with Gasteiger partial charge in [0.2, 0.25) is 11.8 Å². The lowest BCUT2D eigenvalue weighted by Gasteiger charge is -2.27. The first kappa shape index (κ1) is 83.4. The van der Waals surface area contributed by atoms with Gasteiger partial charge in [-0.05, 0) is 200 Å². The fourth-order valence-electron chi connectivity index (χ4n) is 11.4. The zero-order valence-electron chi connectivity index (χ0n) is 53.3. The van der Waals surface area contributed by atoms with Gasteiger partial charge in [0.05, 0.1) is 29.1 Å². The molecule has 4 aliphatic heterocycles. The van der Waals surface area contributed by atoms with Gasteiger partial charge in [0.25, 0.3) is 0 Å². The molecule has 0 bridgehead atoms. The summed E-state index contributed by atoms with van der Waals surface area (Å²) in [5.41, 5.74) is 21.0. The first-order chi connectivity index (χ1) is 44.1. The Morgan fingerprint density at radius 1 is 0.402 bits per heavy atom. The molecule has 0 spiro atoms. The molecule has 0 N–H and O–H groups in total. The van der Waals surface area contributed by atoms with Crippen molar-refractivity contribution in [1.29, 1.82) is 0 Å². The van der Waals surface area contributed by atoms with Crippen LogP contribution < -0.4 is 32.2 Å². The molecular weight excluding hydrogens is 1590 g/mol. The van der Waals surface area contributed by atoms with Gasteiger partial charge in [-0.2, -0.15) is 0 Å². The number of pyridine rings is 6. The number of nitrogens with zero attached hydrogens (tertiary/aromatic N) is 10. The van der Waals surface area contributed by atoms with E-state index in [1.807, 2.05) is 57.3 Å². The van der Waals surface area contributed by atoms with E-state index in [9.17, 15) is 9.59 Å². The smallest absolute Gasteiger partial charge is 0.227 e. The molecule has 26 unspecified atom stereocenters. The summed E-state index contributed by atoms with van der Waals surface area (Å²) in [6.07, 6.45) is 28.9. The van der Waals surface area contributed by atoms with Crippen LogP contribution in [0.4, 0.5) is 0 Å². The summed E-state index contributed by atoms with van der Waals surface area (Å²) in [4.78, 5) is 58.2. The van der Waals surface area contributed by atoms with Crippen LogP contribution in [0.3, 0.4) is 0 Å². The quantitative estimate of drug-likeness (QED) is 0.109. The molecule has 6 aromatic heterocycles. The monoisotopic (exact) mass is 1680 g/mol. The minimum absolute atomic E-state index is 0.0623. The Morgan fingerprint density at radius 3 is 1.22 bits per heavy atom. The molecule has 26 atom stereocenters. The van der Waals surface area contributed by atoms with Gasteiger partial charge in [-0.1, -0.05) is 61.6 Å². The number of aryl methyl sites for hydroxylation is 2. The molecule has 12 nitrogen and oxygen atoms in total. The van der Waals surface area contributed by atoms with E-state index < -0.39 is 0 Å². The number of likely N-dealkylation sites (N-methyl/N-ethyl adjacent to an activating group) is 4. The van der Waals surface area contributed by atoms with Crippen molar-refractivity contribution >= 4 is 243 Å². The van der Waals surface area contributed by atoms with Crippen LogP contribution in [0.25, 0.3) is 0 Å². The summed E-state index contributed by atoms with van der Waals surface area (Å²) in [6, 6.07) is 6.37. The number of fused-ring (bicyclic) bond motifs is 6. The Bertz CT molecular complexity index is 3050. The second-order valence-electron chi connectivity index (χ2n) is 23.2. The van der Waals surface area contributed by atoms with Crippen molar-refractivity contribution in [3.05, 3.63) is 141 Å². The summed E-state index contributed by atoms with van der Waals surface area (Å²) in [5.74, 6) is 2.07. The summed E-state index contributed by atoms with van der Waals surface area (Å²) in [7, 11) is 47.3. The summed E-state index contributed by atoms with van der Waals surface area (Å²) < 4.78 is 0. The van der Waals surface area contributed by atoms with Crippen LogP contribution in [-0.4, -0.2) is 103 Å². The molecule has 0 fully saturated rings. The highest BCUT2D eigenvalue weighted by Gasteiger charge is 2.28. The predicted octanol–water partition coefficient (Wildman–Crippen LogP) is 15.4. The summed E-state index contributed by atoms with van der Waals surface area (Å²) >= 11 is 0. The maximum Gasteiger partial charge on any atom is 0.227 e. The van der Waals surface area contributed by atoms with Crippen LogP contribution in [0.2, 0.25) is 0 Å². The van der Waals surface area contributed by atoms with Gasteiger partial charge in [-0.15, -0.1) is 107 Å². The Morgan fingerprint density at radius 2 is 0.739 bits per heavy atom. The van der Waals surface area contributed by atoms with Crippen molar-refractivity contribution < 1.29 is 9.59 Å². The zero-order chi connectivity index (χ0) is 66.8. The highest BCUT2D eigenvalue weighted by molar-refractivity contribution is 8.65. The molecule has 10 heterocycles. The van der Waals surface area contributed by atoms with Crippen molar-refractivity contribution in [2.75, 3.05) is 41.3 Å². The number of carbonyl (C=O) groups excluding carboxylic acids is 2. The van der Waals surface area contributed by atoms with Gasteiger partial charge >= 0.3 is 0 Å². The van der Waals surface area contributed by atoms with Crippen molar-refractivity contribution in [3.63, 3.8) is 0 Å². The largest absolute Gasteiger partial charge is 0.341 e. The van der Waals surface area contributed by atoms with Gasteiger partial charge < -0.3 is 19.6 Å². The van der Waals surface area contributed by atoms with Crippen LogP contribution in [0, 0.1) is 11.8 Å². The van der Waals surface area contributed by atoms with E-state index in [0.717, 1.165) is 103 Å². The molecule has 0 radical (unpaired) electrons. The van der Waals surface area contributed by atoms with Gasteiger partial charge in [-0.3, -0.25) is 39.5 Å². The molecule has 2 amide bonds. The highest BCUT2D eigenvalue weighted by atomic mass is 32.6. The first-order valence-corrected chi connectivity index (χ1v) is 69.5. The van der Waals surface area contributed by atoms with Crippen LogP contribution >= 0.6 is 199 Å². The number of rotatable bonds is 12. The van der Waals surface area contributed by atoms with Crippen LogP contribution in [0.15, 0.2) is 74.0 Å². The molecule has 2 aliphatic carbocycles. The summed E-state index contributed by atoms with van der Waals surface area (Å²) in [6.45, 7) is 10.7. The SMILES string of the molecule is CC1CCc2ccnc(P(P)PP)c2C1.CC1CCc2cncc(P(P)PP)c2C1.CN1CCc2ccnc(P(P)PP)c2C1.CN1CCc2cncc(P(P)PP)c2C1.CN1Cc2c(ccnc2P(P)PP)CC1=O.CN1Cc2c(cncc2P(P)PP)CC1=O. The van der Waals surface area contributed by atoms with E-state index >= 15 is 0 Å². The van der Waals surface area contributed by atoms with Gasteiger partial charge in [0, 0.05) is 131 Å². The van der Waals surface area contributed by atoms with E-state index in [-0.39, 0.29) is 55.6 Å². The minimum atomic E-state index is -0.263. The van der Waals surface area contributed by atoms with E-state index in [2.05, 4.69) is 206 Å². The van der Waals surface area contributed by atoms with E-state index in [1.165, 1.54) is 123 Å². The molecule has 6 aromatic rings. The Kier molecular flexibility index (Phi) is 38.9. The third kappa shape index (κ3) is 24.1. The van der Waals surface area contributed by atoms with Crippen molar-refractivity contribution in [2.45, 2.75) is 104 Å². The lowest BCUT2D eigenvalue weighted by Crippen LogP contribution is -2.35. The Labute approximate surface area is 594 Å². The van der Waals surface area contributed by atoms with E-state index in [0.29, 0.717) is 19.4 Å². The maximum absolute atomic E-state index is 11.6. The molecule has 92 heavy (non-hydrogen) atoms. The fraction of sp³-hybridized carbons (Fsp3) is 0.429. The molecule has 0 saturated carbocycles. The van der Waals surface area contributed by atoms with Gasteiger partial charge in [0.1, 0.15) is 0 Å². The lowest BCUT2D eigenvalue weighted by atomic mass is 9.86. The second-order valence-corrected chi connectivity index (χ2v) is 77.8. The topological polar surface area (TPSA) is 124 Å². The molecule has 6 aliphatic rings. The lowest BCUT2D eigenvalue weighted by molar-refractivity contribution is -0.131. The number of amides is 2. The van der Waals surface area contributed by atoms with E-state index in [1.54, 1.807) is 26.5 Å². The normalized spacial score (nSPS) is 20.1. The third-order valence-corrected chi connectivity index (χ3v) is 76.5. The van der Waals surface area contributed by atoms with Crippen molar-refractivity contribution in [2.24, 2.45) is 11.8 Å². The Hall–Kier alpha value is 4.08. The number of carbonyl (C=O) groups is 2. The Balaban J connectivity index is 0.000000157. The maximum atomic E-state index is 11.6. The van der Waals surface area contributed by atoms with Gasteiger partial charge in [0.15, 0.2) is 0 Å².